The lowest BCUT2D eigenvalue weighted by molar-refractivity contribution is 1.15. The summed E-state index contributed by atoms with van der Waals surface area (Å²) in [5, 5.41) is 0. The Bertz CT molecular complexity index is 871. The highest BCUT2D eigenvalue weighted by atomic mass is 32.2. The van der Waals surface area contributed by atoms with Gasteiger partial charge < -0.3 is 0 Å². The van der Waals surface area contributed by atoms with Gasteiger partial charge in [0.05, 0.1) is 30.1 Å². The van der Waals surface area contributed by atoms with E-state index in [4.69, 9.17) is 0 Å². The molecule has 4 heteroatoms. The van der Waals surface area contributed by atoms with Gasteiger partial charge in [-0.1, -0.05) is 119 Å². The first-order valence-corrected chi connectivity index (χ1v) is 11.6. The molecule has 2 aliphatic heterocycles. The van der Waals surface area contributed by atoms with Crippen LogP contribution < -0.4 is 0 Å². The molecular formula is C22H16S4. The van der Waals surface area contributed by atoms with E-state index < -0.39 is 0 Å². The van der Waals surface area contributed by atoms with E-state index in [1.807, 2.05) is 47.0 Å². The van der Waals surface area contributed by atoms with Gasteiger partial charge in [-0.05, 0) is 13.8 Å². The highest BCUT2D eigenvalue weighted by Gasteiger charge is 2.26. The molecule has 0 spiro atoms. The van der Waals surface area contributed by atoms with Crippen LogP contribution in [0.3, 0.4) is 0 Å². The average Bonchev–Trinajstić information content (AvgIpc) is 3.40. The topological polar surface area (TPSA) is 0 Å². The van der Waals surface area contributed by atoms with E-state index in [1.54, 1.807) is 0 Å². The van der Waals surface area contributed by atoms with Gasteiger partial charge in [0.1, 0.15) is 0 Å². The molecule has 128 valence electrons. The highest BCUT2D eigenvalue weighted by Crippen LogP contribution is 2.59. The standard InChI is InChI=1S/C22H16S4/c1-15-19(13-11-17-7-3-4-8-17)25-21(23-15)22-24-16(2)20(26-22)14-12-18-9-5-6-10-18/h3-10,17-18H,1-2H3/b22-21+. The van der Waals surface area contributed by atoms with E-state index in [2.05, 4.69) is 86.1 Å². The summed E-state index contributed by atoms with van der Waals surface area (Å²) in [7, 11) is 0. The maximum Gasteiger partial charge on any atom is 0.0723 e. The molecule has 4 aliphatic rings. The van der Waals surface area contributed by atoms with Crippen LogP contribution in [0.2, 0.25) is 0 Å². The Hall–Kier alpha value is -1.30. The minimum absolute atomic E-state index is 0.261. The molecule has 0 aromatic heterocycles. The lowest BCUT2D eigenvalue weighted by atomic mass is 10.2. The molecule has 2 heterocycles. The van der Waals surface area contributed by atoms with Gasteiger partial charge in [-0.2, -0.15) is 0 Å². The fourth-order valence-electron chi connectivity index (χ4n) is 2.49. The smallest absolute Gasteiger partial charge is 0.0723 e. The Kier molecular flexibility index (Phi) is 5.67. The van der Waals surface area contributed by atoms with Crippen LogP contribution in [0.4, 0.5) is 0 Å². The van der Waals surface area contributed by atoms with Crippen molar-refractivity contribution >= 4 is 47.0 Å². The number of hydrogen-bond donors (Lipinski definition) is 0. The van der Waals surface area contributed by atoms with Gasteiger partial charge in [-0.25, -0.2) is 0 Å². The van der Waals surface area contributed by atoms with E-state index in [0.717, 1.165) is 0 Å². The van der Waals surface area contributed by atoms with Crippen molar-refractivity contribution in [1.82, 2.24) is 0 Å². The largest absolute Gasteiger partial charge is 0.0855 e. The molecule has 0 aromatic rings. The van der Waals surface area contributed by atoms with Gasteiger partial charge in [-0.3, -0.25) is 0 Å². The Morgan fingerprint density at radius 2 is 1.00 bits per heavy atom. The molecule has 0 saturated heterocycles. The summed E-state index contributed by atoms with van der Waals surface area (Å²) in [6.45, 7) is 4.33. The lowest BCUT2D eigenvalue weighted by Gasteiger charge is -2.00. The van der Waals surface area contributed by atoms with Crippen LogP contribution in [0.15, 0.2) is 76.7 Å². The van der Waals surface area contributed by atoms with E-state index in [0.29, 0.717) is 0 Å². The molecule has 0 saturated carbocycles. The fraction of sp³-hybridized carbons (Fsp3) is 0.182. The second-order valence-electron chi connectivity index (χ2n) is 5.88. The van der Waals surface area contributed by atoms with Gasteiger partial charge in [-0.15, -0.1) is 0 Å². The van der Waals surface area contributed by atoms with Crippen molar-refractivity contribution in [3.05, 3.63) is 76.7 Å². The van der Waals surface area contributed by atoms with E-state index >= 15 is 0 Å². The second-order valence-corrected chi connectivity index (χ2v) is 10.9. The molecule has 0 atom stereocenters. The summed E-state index contributed by atoms with van der Waals surface area (Å²) in [6.07, 6.45) is 16.8. The zero-order chi connectivity index (χ0) is 17.9. The van der Waals surface area contributed by atoms with E-state index in [9.17, 15) is 0 Å². The summed E-state index contributed by atoms with van der Waals surface area (Å²) >= 11 is 7.31. The summed E-state index contributed by atoms with van der Waals surface area (Å²) in [6, 6.07) is 0. The average molecular weight is 409 g/mol. The fourth-order valence-corrected chi connectivity index (χ4v) is 7.63. The molecule has 2 aliphatic carbocycles. The van der Waals surface area contributed by atoms with Gasteiger partial charge in [0.25, 0.3) is 0 Å². The minimum Gasteiger partial charge on any atom is -0.0855 e. The maximum absolute atomic E-state index is 3.37. The minimum atomic E-state index is 0.261. The predicted octanol–water partition coefficient (Wildman–Crippen LogP) is 7.03. The Morgan fingerprint density at radius 1 is 0.615 bits per heavy atom. The van der Waals surface area contributed by atoms with E-state index in [-0.39, 0.29) is 11.8 Å². The SMILES string of the molecule is CC1=C(C#CC2C=CC=C2)S/C(=C2\SC(C)=C(C#CC3C=CC=C3)S2)S1. The van der Waals surface area contributed by atoms with Crippen molar-refractivity contribution in [2.45, 2.75) is 13.8 Å². The number of allylic oxidation sites excluding steroid dienone is 12. The van der Waals surface area contributed by atoms with Crippen molar-refractivity contribution in [1.29, 1.82) is 0 Å². The van der Waals surface area contributed by atoms with Crippen molar-refractivity contribution in [2.24, 2.45) is 11.8 Å². The molecule has 0 fully saturated rings. The third-order valence-corrected chi connectivity index (χ3v) is 9.47. The zero-order valence-corrected chi connectivity index (χ0v) is 17.7. The molecular weight excluding hydrogens is 393 g/mol. The molecule has 0 bridgehead atoms. The predicted molar refractivity (Wildman–Crippen MR) is 122 cm³/mol. The van der Waals surface area contributed by atoms with Crippen molar-refractivity contribution in [2.75, 3.05) is 0 Å². The van der Waals surface area contributed by atoms with Crippen LogP contribution in [0, 0.1) is 35.5 Å². The molecule has 0 nitrogen and oxygen atoms in total. The van der Waals surface area contributed by atoms with Gasteiger partial charge >= 0.3 is 0 Å². The lowest BCUT2D eigenvalue weighted by Crippen LogP contribution is -1.81. The van der Waals surface area contributed by atoms with Crippen LogP contribution in [0.25, 0.3) is 0 Å². The van der Waals surface area contributed by atoms with Crippen LogP contribution >= 0.6 is 47.0 Å². The van der Waals surface area contributed by atoms with Gasteiger partial charge in [0.2, 0.25) is 0 Å². The number of thioether (sulfide) groups is 4. The molecule has 4 rings (SSSR count). The third kappa shape index (κ3) is 4.16. The zero-order valence-electron chi connectivity index (χ0n) is 14.4. The molecule has 0 aromatic carbocycles. The number of rotatable bonds is 0. The molecule has 0 N–H and O–H groups in total. The van der Waals surface area contributed by atoms with Crippen LogP contribution in [0.5, 0.6) is 0 Å². The van der Waals surface area contributed by atoms with Gasteiger partial charge in [0, 0.05) is 9.81 Å². The van der Waals surface area contributed by atoms with E-state index in [1.165, 1.54) is 28.1 Å². The maximum atomic E-state index is 3.37. The van der Waals surface area contributed by atoms with Crippen LogP contribution in [-0.4, -0.2) is 0 Å². The molecule has 0 unspecified atom stereocenters. The Balaban J connectivity index is 1.45. The van der Waals surface area contributed by atoms with Crippen molar-refractivity contribution < 1.29 is 0 Å². The molecule has 26 heavy (non-hydrogen) atoms. The first-order valence-electron chi connectivity index (χ1n) is 8.29. The number of hydrogen-bond acceptors (Lipinski definition) is 4. The second kappa shape index (κ2) is 8.15. The normalized spacial score (nSPS) is 24.7. The first kappa shape index (κ1) is 18.1. The van der Waals surface area contributed by atoms with Crippen LogP contribution in [-0.2, 0) is 0 Å². The molecule has 0 radical (unpaired) electrons. The monoisotopic (exact) mass is 408 g/mol. The summed E-state index contributed by atoms with van der Waals surface area (Å²) in [5.41, 5.74) is 0. The Morgan fingerprint density at radius 3 is 1.38 bits per heavy atom. The van der Waals surface area contributed by atoms with Crippen molar-refractivity contribution in [3.63, 3.8) is 0 Å². The first-order chi connectivity index (χ1) is 12.7. The highest BCUT2D eigenvalue weighted by molar-refractivity contribution is 8.34. The third-order valence-electron chi connectivity index (χ3n) is 3.89. The molecule has 0 amide bonds. The summed E-state index contributed by atoms with van der Waals surface area (Å²) in [4.78, 5) is 4.97. The summed E-state index contributed by atoms with van der Waals surface area (Å²) in [5.74, 6) is 13.9. The summed E-state index contributed by atoms with van der Waals surface area (Å²) < 4.78 is 2.69. The Labute approximate surface area is 172 Å². The van der Waals surface area contributed by atoms with Gasteiger partial charge in [0.15, 0.2) is 0 Å². The van der Waals surface area contributed by atoms with Crippen LogP contribution in [0.1, 0.15) is 13.8 Å². The quantitative estimate of drug-likeness (QED) is 0.394. The van der Waals surface area contributed by atoms with Crippen molar-refractivity contribution in [3.8, 4) is 23.7 Å².